The lowest BCUT2D eigenvalue weighted by atomic mass is 9.44. The van der Waals surface area contributed by atoms with Gasteiger partial charge >= 0.3 is 11.9 Å². The van der Waals surface area contributed by atoms with Crippen LogP contribution in [0.3, 0.4) is 0 Å². The number of rotatable bonds is 5. The van der Waals surface area contributed by atoms with Crippen molar-refractivity contribution in [2.45, 2.75) is 82.9 Å². The summed E-state index contributed by atoms with van der Waals surface area (Å²) in [6, 6.07) is 1.87. The standard InChI is InChI=1S/C29H36O10/c1-14(30)37-13-25(2)17(10-21(32)35-6)26(3)19(11-18(25)31)38-22-23(26)28(5,34)29-20(39-29)9-16(15-7-8-36-12-15)27(29,4)24(22)33/h7-8,11-12,16-17,20,22-24,33-34H,9-10,13H2,1-6H3. The quantitative estimate of drug-likeness (QED) is 0.418. The van der Waals surface area contributed by atoms with Crippen molar-refractivity contribution in [2.24, 2.45) is 28.1 Å². The topological polar surface area (TPSA) is 145 Å². The van der Waals surface area contributed by atoms with Crippen LogP contribution in [0.4, 0.5) is 0 Å². The zero-order valence-corrected chi connectivity index (χ0v) is 23.1. The molecule has 10 heteroatoms. The number of ether oxygens (including phenoxy) is 4. The number of hydrogen-bond donors (Lipinski definition) is 2. The Morgan fingerprint density at radius 3 is 2.54 bits per heavy atom. The van der Waals surface area contributed by atoms with E-state index in [0.717, 1.165) is 5.56 Å². The van der Waals surface area contributed by atoms with E-state index >= 15 is 0 Å². The first-order valence-corrected chi connectivity index (χ1v) is 13.4. The Balaban J connectivity index is 1.51. The van der Waals surface area contributed by atoms with Crippen molar-refractivity contribution in [3.8, 4) is 0 Å². The SMILES string of the molecule is COC(=O)CC1C(C)(COC(C)=O)C(=O)C=C2OC3C(C21C)C(C)(O)C12OC1CC(c1ccoc1)C2(C)C3O. The molecule has 0 radical (unpaired) electrons. The highest BCUT2D eigenvalue weighted by Crippen LogP contribution is 2.79. The van der Waals surface area contributed by atoms with Gasteiger partial charge < -0.3 is 33.6 Å². The summed E-state index contributed by atoms with van der Waals surface area (Å²) in [5.41, 5.74) is -5.06. The molecule has 2 saturated heterocycles. The number of esters is 2. The maximum Gasteiger partial charge on any atom is 0.305 e. The Morgan fingerprint density at radius 1 is 1.21 bits per heavy atom. The lowest BCUT2D eigenvalue weighted by molar-refractivity contribution is -0.244. The highest BCUT2D eigenvalue weighted by molar-refractivity contribution is 5.97. The monoisotopic (exact) mass is 544 g/mol. The molecule has 6 rings (SSSR count). The third kappa shape index (κ3) is 2.95. The number of fused-ring (bicyclic) bond motifs is 3. The van der Waals surface area contributed by atoms with E-state index in [1.54, 1.807) is 26.4 Å². The van der Waals surface area contributed by atoms with E-state index in [4.69, 9.17) is 23.4 Å². The highest BCUT2D eigenvalue weighted by Gasteiger charge is 2.90. The Labute approximate surface area is 226 Å². The molecule has 1 aromatic heterocycles. The smallest absolute Gasteiger partial charge is 0.305 e. The Bertz CT molecular complexity index is 1270. The molecule has 11 atom stereocenters. The number of furan rings is 1. The average molecular weight is 545 g/mol. The molecule has 3 aliphatic carbocycles. The molecule has 39 heavy (non-hydrogen) atoms. The van der Waals surface area contributed by atoms with Gasteiger partial charge in [-0.05, 0) is 37.8 Å². The third-order valence-electron chi connectivity index (χ3n) is 11.2. The van der Waals surface area contributed by atoms with Gasteiger partial charge in [0.15, 0.2) is 5.78 Å². The van der Waals surface area contributed by atoms with Crippen molar-refractivity contribution in [1.82, 2.24) is 0 Å². The predicted octanol–water partition coefficient (Wildman–Crippen LogP) is 2.27. The number of carbonyl (C=O) groups is 3. The molecule has 1 aromatic rings. The van der Waals surface area contributed by atoms with Crippen LogP contribution in [-0.2, 0) is 33.3 Å². The summed E-state index contributed by atoms with van der Waals surface area (Å²) in [6.45, 7) is 8.17. The van der Waals surface area contributed by atoms with Crippen LogP contribution in [0.1, 0.15) is 58.9 Å². The van der Waals surface area contributed by atoms with E-state index in [1.165, 1.54) is 20.1 Å². The summed E-state index contributed by atoms with van der Waals surface area (Å²) in [6.07, 6.45) is 2.77. The van der Waals surface area contributed by atoms with Gasteiger partial charge in [-0.25, -0.2) is 0 Å². The van der Waals surface area contributed by atoms with Crippen LogP contribution in [0.15, 0.2) is 34.8 Å². The van der Waals surface area contributed by atoms with Gasteiger partial charge in [0.1, 0.15) is 35.8 Å². The molecule has 4 fully saturated rings. The highest BCUT2D eigenvalue weighted by atomic mass is 16.6. The second-order valence-electron chi connectivity index (χ2n) is 12.8. The van der Waals surface area contributed by atoms with Gasteiger partial charge in [0, 0.05) is 35.7 Å². The van der Waals surface area contributed by atoms with Crippen molar-refractivity contribution in [3.63, 3.8) is 0 Å². The van der Waals surface area contributed by atoms with Crippen LogP contribution < -0.4 is 0 Å². The number of epoxide rings is 1. The minimum atomic E-state index is -1.53. The molecule has 3 heterocycles. The largest absolute Gasteiger partial charge is 0.491 e. The van der Waals surface area contributed by atoms with Crippen molar-refractivity contribution >= 4 is 17.7 Å². The van der Waals surface area contributed by atoms with E-state index in [-0.39, 0.29) is 30.8 Å². The molecule has 5 aliphatic rings. The molecule has 2 N–H and O–H groups in total. The maximum absolute atomic E-state index is 13.6. The van der Waals surface area contributed by atoms with Gasteiger partial charge in [0.2, 0.25) is 0 Å². The number of aliphatic hydroxyl groups is 2. The first-order valence-electron chi connectivity index (χ1n) is 13.4. The third-order valence-corrected chi connectivity index (χ3v) is 11.2. The molecule has 2 aliphatic heterocycles. The first kappa shape index (κ1) is 26.5. The summed E-state index contributed by atoms with van der Waals surface area (Å²) < 4.78 is 28.5. The first-order chi connectivity index (χ1) is 18.2. The van der Waals surface area contributed by atoms with Crippen LogP contribution in [0, 0.1) is 28.1 Å². The number of allylic oxidation sites excluding steroid dienone is 2. The van der Waals surface area contributed by atoms with Gasteiger partial charge in [0.25, 0.3) is 0 Å². The lowest BCUT2D eigenvalue weighted by Gasteiger charge is -2.59. The summed E-state index contributed by atoms with van der Waals surface area (Å²) >= 11 is 0. The second kappa shape index (κ2) is 7.95. The molecular weight excluding hydrogens is 508 g/mol. The fourth-order valence-electron chi connectivity index (χ4n) is 9.33. The number of carbonyl (C=O) groups excluding carboxylic acids is 3. The van der Waals surface area contributed by atoms with Crippen LogP contribution in [0.2, 0.25) is 0 Å². The van der Waals surface area contributed by atoms with Gasteiger partial charge in [-0.1, -0.05) is 13.8 Å². The number of ketones is 1. The number of aliphatic hydroxyl groups excluding tert-OH is 1. The zero-order chi connectivity index (χ0) is 28.3. The van der Waals surface area contributed by atoms with Gasteiger partial charge in [-0.15, -0.1) is 0 Å². The molecule has 0 bridgehead atoms. The Kier molecular flexibility index (Phi) is 5.41. The fraction of sp³-hybridized carbons (Fsp3) is 0.690. The normalized spacial score (nSPS) is 49.1. The van der Waals surface area contributed by atoms with Crippen molar-refractivity contribution in [2.75, 3.05) is 13.7 Å². The Morgan fingerprint density at radius 2 is 1.92 bits per heavy atom. The molecule has 10 nitrogen and oxygen atoms in total. The van der Waals surface area contributed by atoms with Crippen molar-refractivity contribution in [3.05, 3.63) is 36.0 Å². The lowest BCUT2D eigenvalue weighted by Crippen LogP contribution is -2.73. The summed E-state index contributed by atoms with van der Waals surface area (Å²) in [4.78, 5) is 38.2. The second-order valence-corrected chi connectivity index (χ2v) is 12.8. The van der Waals surface area contributed by atoms with Gasteiger partial charge in [-0.3, -0.25) is 14.4 Å². The molecule has 212 valence electrons. The molecule has 2 saturated carbocycles. The number of methoxy groups -OCH3 is 1. The van der Waals surface area contributed by atoms with E-state index < -0.39 is 63.4 Å². The van der Waals surface area contributed by atoms with Crippen LogP contribution in [0.5, 0.6) is 0 Å². The van der Waals surface area contributed by atoms with Crippen LogP contribution in [-0.4, -0.2) is 71.2 Å². The maximum atomic E-state index is 13.6. The summed E-state index contributed by atoms with van der Waals surface area (Å²) in [5, 5.41) is 24.8. The molecule has 11 unspecified atom stereocenters. The molecular formula is C29H36O10. The van der Waals surface area contributed by atoms with Crippen molar-refractivity contribution < 1.29 is 48.0 Å². The van der Waals surface area contributed by atoms with Crippen LogP contribution in [0.25, 0.3) is 0 Å². The van der Waals surface area contributed by atoms with E-state index in [0.29, 0.717) is 12.2 Å². The van der Waals surface area contributed by atoms with Gasteiger partial charge in [-0.2, -0.15) is 0 Å². The average Bonchev–Trinajstić information content (AvgIpc) is 3.15. The van der Waals surface area contributed by atoms with Crippen molar-refractivity contribution in [1.29, 1.82) is 0 Å². The van der Waals surface area contributed by atoms with E-state index in [1.807, 2.05) is 19.9 Å². The predicted molar refractivity (Wildman–Crippen MR) is 133 cm³/mol. The fourth-order valence-corrected chi connectivity index (χ4v) is 9.33. The van der Waals surface area contributed by atoms with E-state index in [2.05, 4.69) is 0 Å². The van der Waals surface area contributed by atoms with E-state index in [9.17, 15) is 24.6 Å². The zero-order valence-electron chi connectivity index (χ0n) is 23.1. The minimum Gasteiger partial charge on any atom is -0.491 e. The molecule has 0 aromatic carbocycles. The molecule has 0 amide bonds. The number of hydrogen-bond acceptors (Lipinski definition) is 10. The minimum absolute atomic E-state index is 0.160. The van der Waals surface area contributed by atoms with Gasteiger partial charge in [0.05, 0.1) is 37.6 Å². The van der Waals surface area contributed by atoms with Crippen LogP contribution >= 0.6 is 0 Å². The summed E-state index contributed by atoms with van der Waals surface area (Å²) in [7, 11) is 1.27. The summed E-state index contributed by atoms with van der Waals surface area (Å²) in [5.74, 6) is -2.86. The molecule has 1 spiro atoms. The Hall–Kier alpha value is -2.69.